The third-order valence-corrected chi connectivity index (χ3v) is 5.87. The van der Waals surface area contributed by atoms with Gasteiger partial charge in [0.25, 0.3) is 0 Å². The molecule has 4 rings (SSSR count). The number of tetrazole rings is 1. The number of hydrogen-bond donors (Lipinski definition) is 0. The van der Waals surface area contributed by atoms with Crippen molar-refractivity contribution in [2.75, 3.05) is 26.4 Å². The van der Waals surface area contributed by atoms with Crippen LogP contribution in [0.15, 0.2) is 36.0 Å². The summed E-state index contributed by atoms with van der Waals surface area (Å²) in [4.78, 5) is 18.1. The van der Waals surface area contributed by atoms with Crippen LogP contribution in [-0.2, 0) is 11.3 Å². The van der Waals surface area contributed by atoms with Crippen LogP contribution >= 0.6 is 11.3 Å². The summed E-state index contributed by atoms with van der Waals surface area (Å²) in [5, 5.41) is 14.1. The first-order valence-electron chi connectivity index (χ1n) is 9.61. The van der Waals surface area contributed by atoms with Gasteiger partial charge in [0.2, 0.25) is 0 Å². The number of benzene rings is 1. The fraction of sp³-hybridized carbons (Fsp3) is 0.421. The van der Waals surface area contributed by atoms with Crippen LogP contribution in [-0.4, -0.2) is 62.6 Å². The number of piperidine rings is 1. The zero-order valence-corrected chi connectivity index (χ0v) is 17.0. The number of alkyl halides is 1. The average Bonchev–Trinajstić information content (AvgIpc) is 3.49. The van der Waals surface area contributed by atoms with Crippen molar-refractivity contribution in [1.29, 1.82) is 0 Å². The van der Waals surface area contributed by atoms with Crippen molar-refractivity contribution in [3.05, 3.63) is 46.7 Å². The molecule has 1 saturated heterocycles. The van der Waals surface area contributed by atoms with E-state index in [0.29, 0.717) is 25.6 Å². The fourth-order valence-corrected chi connectivity index (χ4v) is 4.21. The smallest absolute Gasteiger partial charge is 0.409 e. The van der Waals surface area contributed by atoms with Crippen LogP contribution in [0.2, 0.25) is 0 Å². The first-order chi connectivity index (χ1) is 14.7. The minimum atomic E-state index is -0.657. The molecule has 3 heterocycles. The van der Waals surface area contributed by atoms with E-state index in [-0.39, 0.29) is 6.61 Å². The van der Waals surface area contributed by atoms with Gasteiger partial charge in [0.1, 0.15) is 32.0 Å². The van der Waals surface area contributed by atoms with Gasteiger partial charge in [-0.05, 0) is 47.5 Å². The SMILES string of the molecule is O=C(OCCF)N1CCC(c2nc(COc3ccc(-n4cnnn4)cc3)cs2)CC1. The Balaban J connectivity index is 1.26. The molecule has 0 unspecified atom stereocenters. The first-order valence-corrected chi connectivity index (χ1v) is 10.5. The van der Waals surface area contributed by atoms with E-state index in [0.717, 1.165) is 35.0 Å². The van der Waals surface area contributed by atoms with Gasteiger partial charge < -0.3 is 14.4 Å². The maximum atomic E-state index is 12.1. The summed E-state index contributed by atoms with van der Waals surface area (Å²) >= 11 is 1.61. The molecule has 1 fully saturated rings. The molecule has 0 aliphatic carbocycles. The summed E-state index contributed by atoms with van der Waals surface area (Å²) < 4.78 is 24.4. The minimum Gasteiger partial charge on any atom is -0.487 e. The second-order valence-corrected chi connectivity index (χ2v) is 7.67. The molecule has 0 saturated carbocycles. The van der Waals surface area contributed by atoms with Gasteiger partial charge in [-0.25, -0.2) is 18.9 Å². The number of thiazole rings is 1. The Morgan fingerprint density at radius 3 is 2.73 bits per heavy atom. The van der Waals surface area contributed by atoms with E-state index in [1.807, 2.05) is 29.6 Å². The normalized spacial score (nSPS) is 14.6. The highest BCUT2D eigenvalue weighted by atomic mass is 32.1. The van der Waals surface area contributed by atoms with Crippen molar-refractivity contribution in [1.82, 2.24) is 30.1 Å². The number of ether oxygens (including phenoxy) is 2. The number of carbonyl (C=O) groups excluding carboxylic acids is 1. The zero-order valence-electron chi connectivity index (χ0n) is 16.2. The lowest BCUT2D eigenvalue weighted by Crippen LogP contribution is -2.38. The molecule has 0 radical (unpaired) electrons. The minimum absolute atomic E-state index is 0.186. The van der Waals surface area contributed by atoms with E-state index in [1.54, 1.807) is 20.9 Å². The number of nitrogens with zero attached hydrogens (tertiary/aromatic N) is 6. The Kier molecular flexibility index (Phi) is 6.47. The molecule has 1 aliphatic heterocycles. The number of aromatic nitrogens is 5. The molecule has 11 heteroatoms. The van der Waals surface area contributed by atoms with Gasteiger partial charge in [-0.1, -0.05) is 0 Å². The number of amides is 1. The molecule has 0 N–H and O–H groups in total. The average molecular weight is 432 g/mol. The number of hydrogen-bond acceptors (Lipinski definition) is 8. The lowest BCUT2D eigenvalue weighted by atomic mass is 9.98. The number of halogens is 1. The number of rotatable bonds is 7. The molecule has 0 bridgehead atoms. The third-order valence-electron chi connectivity index (χ3n) is 4.81. The van der Waals surface area contributed by atoms with Gasteiger partial charge in [0.05, 0.1) is 16.4 Å². The Labute approximate surface area is 176 Å². The molecule has 30 heavy (non-hydrogen) atoms. The largest absolute Gasteiger partial charge is 0.487 e. The van der Waals surface area contributed by atoms with E-state index in [2.05, 4.69) is 15.5 Å². The quantitative estimate of drug-likeness (QED) is 0.566. The third kappa shape index (κ3) is 4.90. The van der Waals surface area contributed by atoms with Crippen LogP contribution in [0.25, 0.3) is 5.69 Å². The molecule has 9 nitrogen and oxygen atoms in total. The molecule has 0 atom stereocenters. The maximum Gasteiger partial charge on any atom is 0.409 e. The monoisotopic (exact) mass is 432 g/mol. The molecule has 1 aliphatic rings. The van der Waals surface area contributed by atoms with E-state index in [9.17, 15) is 9.18 Å². The summed E-state index contributed by atoms with van der Waals surface area (Å²) in [6.45, 7) is 0.726. The van der Waals surface area contributed by atoms with Gasteiger partial charge in [0.15, 0.2) is 0 Å². The summed E-state index contributed by atoms with van der Waals surface area (Å²) in [6.07, 6.45) is 2.73. The van der Waals surface area contributed by atoms with Crippen molar-refractivity contribution in [2.45, 2.75) is 25.4 Å². The van der Waals surface area contributed by atoms with E-state index >= 15 is 0 Å². The standard InChI is InChI=1S/C19H21FN6O3S/c20-7-10-28-19(27)25-8-5-14(6-9-25)18-22-15(12-30-18)11-29-17-3-1-16(2-4-17)26-13-21-23-24-26/h1-4,12-14H,5-11H2. The first kappa shape index (κ1) is 20.2. The summed E-state index contributed by atoms with van der Waals surface area (Å²) in [5.74, 6) is 1.05. The van der Waals surface area contributed by atoms with E-state index in [1.165, 1.54) is 6.33 Å². The molecule has 1 aromatic carbocycles. The molecule has 1 amide bonds. The predicted octanol–water partition coefficient (Wildman–Crippen LogP) is 2.98. The van der Waals surface area contributed by atoms with Crippen molar-refractivity contribution >= 4 is 17.4 Å². The lowest BCUT2D eigenvalue weighted by Gasteiger charge is -2.30. The summed E-state index contributed by atoms with van der Waals surface area (Å²) in [7, 11) is 0. The fourth-order valence-electron chi connectivity index (χ4n) is 3.23. The van der Waals surface area contributed by atoms with Crippen LogP contribution in [0, 0.1) is 0 Å². The van der Waals surface area contributed by atoms with Crippen molar-refractivity contribution in [3.63, 3.8) is 0 Å². The molecule has 3 aromatic rings. The van der Waals surface area contributed by atoms with Crippen LogP contribution in [0.3, 0.4) is 0 Å². The van der Waals surface area contributed by atoms with Crippen molar-refractivity contribution < 1.29 is 18.7 Å². The number of carbonyl (C=O) groups is 1. The highest BCUT2D eigenvalue weighted by molar-refractivity contribution is 7.09. The van der Waals surface area contributed by atoms with Gasteiger partial charge in [-0.2, -0.15) is 0 Å². The Morgan fingerprint density at radius 2 is 2.03 bits per heavy atom. The van der Waals surface area contributed by atoms with E-state index in [4.69, 9.17) is 14.5 Å². The van der Waals surface area contributed by atoms with Crippen molar-refractivity contribution in [3.8, 4) is 11.4 Å². The Hall–Kier alpha value is -3.08. The van der Waals surface area contributed by atoms with Gasteiger partial charge in [0, 0.05) is 24.4 Å². The van der Waals surface area contributed by atoms with Crippen LogP contribution in [0.1, 0.15) is 29.5 Å². The van der Waals surface area contributed by atoms with Crippen molar-refractivity contribution in [2.24, 2.45) is 0 Å². The van der Waals surface area contributed by atoms with Crippen LogP contribution in [0.5, 0.6) is 5.75 Å². The predicted molar refractivity (Wildman–Crippen MR) is 106 cm³/mol. The second kappa shape index (κ2) is 9.61. The maximum absolute atomic E-state index is 12.1. The molecule has 158 valence electrons. The van der Waals surface area contributed by atoms with Crippen LogP contribution < -0.4 is 4.74 Å². The highest BCUT2D eigenvalue weighted by Crippen LogP contribution is 2.30. The molecule has 0 spiro atoms. The Bertz CT molecular complexity index is 942. The zero-order chi connectivity index (χ0) is 20.8. The Morgan fingerprint density at radius 1 is 1.23 bits per heavy atom. The summed E-state index contributed by atoms with van der Waals surface area (Å²) in [5.41, 5.74) is 1.73. The number of likely N-dealkylation sites (tertiary alicyclic amines) is 1. The molecular weight excluding hydrogens is 411 g/mol. The van der Waals surface area contributed by atoms with Crippen LogP contribution in [0.4, 0.5) is 9.18 Å². The summed E-state index contributed by atoms with van der Waals surface area (Å²) in [6, 6.07) is 7.49. The van der Waals surface area contributed by atoms with Gasteiger partial charge >= 0.3 is 6.09 Å². The van der Waals surface area contributed by atoms with Gasteiger partial charge in [-0.3, -0.25) is 0 Å². The van der Waals surface area contributed by atoms with Gasteiger partial charge in [-0.15, -0.1) is 16.4 Å². The molecule has 2 aromatic heterocycles. The highest BCUT2D eigenvalue weighted by Gasteiger charge is 2.26. The lowest BCUT2D eigenvalue weighted by molar-refractivity contribution is 0.0874. The molecular formula is C19H21FN6O3S. The van der Waals surface area contributed by atoms with E-state index < -0.39 is 12.8 Å². The second-order valence-electron chi connectivity index (χ2n) is 6.78. The topological polar surface area (TPSA) is 95.3 Å².